The number of hydrogen-bond acceptors (Lipinski definition) is 3. The minimum absolute atomic E-state index is 0.206. The van der Waals surface area contributed by atoms with Crippen molar-refractivity contribution >= 4 is 0 Å². The van der Waals surface area contributed by atoms with Crippen LogP contribution in [0, 0.1) is 0 Å². The topological polar surface area (TPSA) is 66.5 Å². The van der Waals surface area contributed by atoms with Crippen molar-refractivity contribution in [2.75, 3.05) is 13.2 Å². The molecular formula is C22H31NO2. The van der Waals surface area contributed by atoms with Gasteiger partial charge in [-0.2, -0.15) is 0 Å². The standard InChI is InChI=1S/C22H31NO2/c1-2-3-4-6-18-9-11-20(12-10-18)21-8-5-7-19(15-21)13-14-22(23,16-24)17-25/h5,7-12,15,24-25H,2-4,6,13-14,16-17,23H2,1H3. The lowest BCUT2D eigenvalue weighted by Gasteiger charge is -2.24. The molecule has 2 aromatic carbocycles. The molecule has 0 radical (unpaired) electrons. The van der Waals surface area contributed by atoms with E-state index in [0.29, 0.717) is 6.42 Å². The van der Waals surface area contributed by atoms with Gasteiger partial charge < -0.3 is 15.9 Å². The molecule has 2 aromatic rings. The van der Waals surface area contributed by atoms with E-state index in [0.717, 1.165) is 12.8 Å². The van der Waals surface area contributed by atoms with E-state index in [1.807, 2.05) is 0 Å². The van der Waals surface area contributed by atoms with E-state index in [-0.39, 0.29) is 13.2 Å². The van der Waals surface area contributed by atoms with Gasteiger partial charge >= 0.3 is 0 Å². The molecule has 0 aliphatic heterocycles. The lowest BCUT2D eigenvalue weighted by molar-refractivity contribution is 0.115. The maximum absolute atomic E-state index is 9.31. The van der Waals surface area contributed by atoms with Crippen LogP contribution in [0.1, 0.15) is 43.7 Å². The van der Waals surface area contributed by atoms with Crippen LogP contribution in [0.3, 0.4) is 0 Å². The van der Waals surface area contributed by atoms with E-state index >= 15 is 0 Å². The Labute approximate surface area is 151 Å². The average molecular weight is 341 g/mol. The third kappa shape index (κ3) is 5.96. The van der Waals surface area contributed by atoms with Crippen molar-refractivity contribution in [1.82, 2.24) is 0 Å². The van der Waals surface area contributed by atoms with Crippen molar-refractivity contribution in [3.8, 4) is 11.1 Å². The molecule has 0 saturated carbocycles. The van der Waals surface area contributed by atoms with Gasteiger partial charge in [-0.05, 0) is 47.9 Å². The maximum Gasteiger partial charge on any atom is 0.0633 e. The predicted octanol–water partition coefficient (Wildman–Crippen LogP) is 3.70. The van der Waals surface area contributed by atoms with E-state index in [9.17, 15) is 10.2 Å². The highest BCUT2D eigenvalue weighted by atomic mass is 16.3. The maximum atomic E-state index is 9.31. The number of aliphatic hydroxyl groups excluding tert-OH is 2. The second-order valence-electron chi connectivity index (χ2n) is 7.03. The molecule has 3 heteroatoms. The Morgan fingerprint density at radius 1 is 0.840 bits per heavy atom. The number of nitrogens with two attached hydrogens (primary N) is 1. The second-order valence-corrected chi connectivity index (χ2v) is 7.03. The normalized spacial score (nSPS) is 11.7. The monoisotopic (exact) mass is 341 g/mol. The van der Waals surface area contributed by atoms with E-state index in [1.54, 1.807) is 0 Å². The molecule has 0 aromatic heterocycles. The Hall–Kier alpha value is -1.68. The third-order valence-electron chi connectivity index (χ3n) is 4.82. The molecule has 0 atom stereocenters. The minimum atomic E-state index is -0.907. The Morgan fingerprint density at radius 2 is 1.56 bits per heavy atom. The van der Waals surface area contributed by atoms with Crippen LogP contribution < -0.4 is 5.73 Å². The molecule has 0 unspecified atom stereocenters. The summed E-state index contributed by atoms with van der Waals surface area (Å²) in [6.45, 7) is 1.82. The molecule has 25 heavy (non-hydrogen) atoms. The van der Waals surface area contributed by atoms with E-state index in [4.69, 9.17) is 5.73 Å². The lowest BCUT2D eigenvalue weighted by atomic mass is 9.92. The van der Waals surface area contributed by atoms with Crippen molar-refractivity contribution in [3.05, 3.63) is 59.7 Å². The molecule has 0 bridgehead atoms. The SMILES string of the molecule is CCCCCc1ccc(-c2cccc(CCC(N)(CO)CO)c2)cc1. The Balaban J connectivity index is 2.03. The van der Waals surface area contributed by atoms with Gasteiger partial charge in [0, 0.05) is 0 Å². The molecular weight excluding hydrogens is 310 g/mol. The zero-order chi connectivity index (χ0) is 18.1. The van der Waals surface area contributed by atoms with Gasteiger partial charge in [0.05, 0.1) is 18.8 Å². The quantitative estimate of drug-likeness (QED) is 0.577. The molecule has 0 heterocycles. The number of aryl methyl sites for hydroxylation is 2. The first-order chi connectivity index (χ1) is 12.1. The van der Waals surface area contributed by atoms with Gasteiger partial charge in [0.1, 0.15) is 0 Å². The number of hydrogen-bond donors (Lipinski definition) is 3. The van der Waals surface area contributed by atoms with E-state index in [2.05, 4.69) is 55.5 Å². The number of aliphatic hydroxyl groups is 2. The van der Waals surface area contributed by atoms with Crippen LogP contribution in [-0.4, -0.2) is 29.0 Å². The minimum Gasteiger partial charge on any atom is -0.394 e. The molecule has 4 N–H and O–H groups in total. The molecule has 0 saturated heterocycles. The van der Waals surface area contributed by atoms with E-state index < -0.39 is 5.54 Å². The first kappa shape index (κ1) is 19.6. The number of benzene rings is 2. The molecule has 136 valence electrons. The summed E-state index contributed by atoms with van der Waals surface area (Å²) in [6, 6.07) is 17.2. The summed E-state index contributed by atoms with van der Waals surface area (Å²) in [5.74, 6) is 0. The van der Waals surface area contributed by atoms with Crippen molar-refractivity contribution in [2.45, 2.75) is 51.0 Å². The summed E-state index contributed by atoms with van der Waals surface area (Å²) >= 11 is 0. The summed E-state index contributed by atoms with van der Waals surface area (Å²) in [5.41, 5.74) is 10.0. The molecule has 3 nitrogen and oxygen atoms in total. The Bertz CT molecular complexity index is 633. The van der Waals surface area contributed by atoms with Crippen LogP contribution in [0.5, 0.6) is 0 Å². The zero-order valence-electron chi connectivity index (χ0n) is 15.2. The first-order valence-electron chi connectivity index (χ1n) is 9.29. The molecule has 0 fully saturated rings. The third-order valence-corrected chi connectivity index (χ3v) is 4.82. The Morgan fingerprint density at radius 3 is 2.20 bits per heavy atom. The van der Waals surface area contributed by atoms with E-state index in [1.165, 1.54) is 41.5 Å². The average Bonchev–Trinajstić information content (AvgIpc) is 2.67. The fourth-order valence-electron chi connectivity index (χ4n) is 2.95. The van der Waals surface area contributed by atoms with Crippen LogP contribution in [-0.2, 0) is 12.8 Å². The van der Waals surface area contributed by atoms with Gasteiger partial charge in [0.2, 0.25) is 0 Å². The van der Waals surface area contributed by atoms with Gasteiger partial charge in [-0.25, -0.2) is 0 Å². The van der Waals surface area contributed by atoms with Gasteiger partial charge in [-0.3, -0.25) is 0 Å². The summed E-state index contributed by atoms with van der Waals surface area (Å²) in [6.07, 6.45) is 6.23. The lowest BCUT2D eigenvalue weighted by Crippen LogP contribution is -2.47. The predicted molar refractivity (Wildman–Crippen MR) is 105 cm³/mol. The highest BCUT2D eigenvalue weighted by Crippen LogP contribution is 2.23. The zero-order valence-corrected chi connectivity index (χ0v) is 15.2. The number of rotatable bonds is 10. The van der Waals surface area contributed by atoms with Gasteiger partial charge in [-0.1, -0.05) is 68.3 Å². The van der Waals surface area contributed by atoms with Gasteiger partial charge in [0.25, 0.3) is 0 Å². The highest BCUT2D eigenvalue weighted by molar-refractivity contribution is 5.64. The fraction of sp³-hybridized carbons (Fsp3) is 0.455. The first-order valence-corrected chi connectivity index (χ1v) is 9.29. The molecule has 0 aliphatic carbocycles. The van der Waals surface area contributed by atoms with Crippen molar-refractivity contribution in [1.29, 1.82) is 0 Å². The summed E-state index contributed by atoms with van der Waals surface area (Å²) in [4.78, 5) is 0. The fourth-order valence-corrected chi connectivity index (χ4v) is 2.95. The highest BCUT2D eigenvalue weighted by Gasteiger charge is 2.22. The summed E-state index contributed by atoms with van der Waals surface area (Å²) < 4.78 is 0. The van der Waals surface area contributed by atoms with Gasteiger partial charge in [0.15, 0.2) is 0 Å². The van der Waals surface area contributed by atoms with Crippen molar-refractivity contribution in [3.63, 3.8) is 0 Å². The largest absolute Gasteiger partial charge is 0.394 e. The van der Waals surface area contributed by atoms with Crippen LogP contribution in [0.15, 0.2) is 48.5 Å². The van der Waals surface area contributed by atoms with Crippen LogP contribution in [0.4, 0.5) is 0 Å². The molecule has 2 rings (SSSR count). The summed E-state index contributed by atoms with van der Waals surface area (Å²) in [5, 5.41) is 18.6. The van der Waals surface area contributed by atoms with Gasteiger partial charge in [-0.15, -0.1) is 0 Å². The van der Waals surface area contributed by atoms with Crippen LogP contribution in [0.25, 0.3) is 11.1 Å². The van der Waals surface area contributed by atoms with Crippen molar-refractivity contribution in [2.24, 2.45) is 5.73 Å². The molecule has 0 aliphatic rings. The number of unbranched alkanes of at least 4 members (excludes halogenated alkanes) is 2. The smallest absolute Gasteiger partial charge is 0.0633 e. The molecule has 0 spiro atoms. The van der Waals surface area contributed by atoms with Crippen LogP contribution >= 0.6 is 0 Å². The van der Waals surface area contributed by atoms with Crippen LogP contribution in [0.2, 0.25) is 0 Å². The Kier molecular flexibility index (Phi) is 7.63. The van der Waals surface area contributed by atoms with Crippen molar-refractivity contribution < 1.29 is 10.2 Å². The molecule has 0 amide bonds. The second kappa shape index (κ2) is 9.71. The summed E-state index contributed by atoms with van der Waals surface area (Å²) in [7, 11) is 0.